The Kier molecular flexibility index (Phi) is 3.67. The Morgan fingerprint density at radius 1 is 1.26 bits per heavy atom. The average Bonchev–Trinajstić information content (AvgIpc) is 2.45. The average molecular weight is 267 g/mol. The lowest BCUT2D eigenvalue weighted by Gasteiger charge is -2.51. The highest BCUT2D eigenvalue weighted by Gasteiger charge is 2.45. The molecule has 2 aliphatic heterocycles. The Morgan fingerprint density at radius 2 is 2.11 bits per heavy atom. The van der Waals surface area contributed by atoms with Crippen LogP contribution in [-0.2, 0) is 4.74 Å². The molecule has 1 aliphatic carbocycles. The van der Waals surface area contributed by atoms with Crippen molar-refractivity contribution >= 4 is 5.84 Å². The third-order valence-corrected chi connectivity index (χ3v) is 5.20. The lowest BCUT2D eigenvalue weighted by molar-refractivity contribution is -0.151. The van der Waals surface area contributed by atoms with Gasteiger partial charge in [0.2, 0.25) is 0 Å². The normalized spacial score (nSPS) is 36.1. The molecule has 0 aromatic rings. The summed E-state index contributed by atoms with van der Waals surface area (Å²) in [6.07, 6.45) is 9.35. The van der Waals surface area contributed by atoms with Gasteiger partial charge in [0, 0.05) is 12.6 Å². The molecule has 1 saturated carbocycles. The second kappa shape index (κ2) is 5.29. The fraction of sp³-hybridized carbons (Fsp3) is 0.929. The molecule has 0 bridgehead atoms. The van der Waals surface area contributed by atoms with E-state index in [1.54, 1.807) is 0 Å². The van der Waals surface area contributed by atoms with E-state index in [1.807, 2.05) is 0 Å². The number of likely N-dealkylation sites (tertiary alicyclic amines) is 1. The number of hydrogen-bond donors (Lipinski definition) is 2. The van der Waals surface area contributed by atoms with E-state index in [1.165, 1.54) is 32.1 Å². The van der Waals surface area contributed by atoms with Gasteiger partial charge < -0.3 is 15.7 Å². The maximum absolute atomic E-state index is 8.97. The summed E-state index contributed by atoms with van der Waals surface area (Å²) in [6, 6.07) is 0.665. The molecule has 3 fully saturated rings. The molecule has 2 saturated heterocycles. The highest BCUT2D eigenvalue weighted by atomic mass is 16.5. The SMILES string of the molecule is NC(=NO)C1CCCCN1C1CCOC2(CCC2)C1. The van der Waals surface area contributed by atoms with Crippen molar-refractivity contribution in [3.63, 3.8) is 0 Å². The summed E-state index contributed by atoms with van der Waals surface area (Å²) < 4.78 is 6.01. The minimum Gasteiger partial charge on any atom is -0.409 e. The van der Waals surface area contributed by atoms with Gasteiger partial charge in [0.15, 0.2) is 5.84 Å². The van der Waals surface area contributed by atoms with E-state index in [4.69, 9.17) is 15.7 Å². The molecule has 3 rings (SSSR count). The fourth-order valence-electron chi connectivity index (χ4n) is 3.98. The highest BCUT2D eigenvalue weighted by molar-refractivity contribution is 5.85. The van der Waals surface area contributed by atoms with Gasteiger partial charge in [-0.1, -0.05) is 11.6 Å². The predicted octanol–water partition coefficient (Wildman–Crippen LogP) is 1.69. The zero-order valence-electron chi connectivity index (χ0n) is 11.6. The maximum atomic E-state index is 8.97. The van der Waals surface area contributed by atoms with E-state index in [2.05, 4.69) is 10.1 Å². The van der Waals surface area contributed by atoms with Crippen molar-refractivity contribution in [1.29, 1.82) is 0 Å². The smallest absolute Gasteiger partial charge is 0.156 e. The molecule has 0 aromatic heterocycles. The molecule has 3 N–H and O–H groups in total. The second-order valence-corrected chi connectivity index (χ2v) is 6.31. The van der Waals surface area contributed by atoms with Crippen molar-refractivity contribution in [1.82, 2.24) is 4.90 Å². The first-order valence-electron chi connectivity index (χ1n) is 7.61. The quantitative estimate of drug-likeness (QED) is 0.346. The van der Waals surface area contributed by atoms with E-state index in [9.17, 15) is 0 Å². The lowest BCUT2D eigenvalue weighted by atomic mass is 9.73. The summed E-state index contributed by atoms with van der Waals surface area (Å²) in [5, 5.41) is 12.2. The molecule has 2 heterocycles. The summed E-state index contributed by atoms with van der Waals surface area (Å²) in [7, 11) is 0. The molecule has 108 valence electrons. The van der Waals surface area contributed by atoms with Gasteiger partial charge in [0.1, 0.15) is 0 Å². The monoisotopic (exact) mass is 267 g/mol. The number of nitrogens with zero attached hydrogens (tertiary/aromatic N) is 2. The van der Waals surface area contributed by atoms with Crippen LogP contribution in [0.5, 0.6) is 0 Å². The Hall–Kier alpha value is -0.810. The Labute approximate surface area is 114 Å². The molecule has 5 heteroatoms. The van der Waals surface area contributed by atoms with Crippen LogP contribution in [0.1, 0.15) is 51.4 Å². The van der Waals surface area contributed by atoms with Crippen molar-refractivity contribution in [3.05, 3.63) is 0 Å². The van der Waals surface area contributed by atoms with Crippen LogP contribution in [0.4, 0.5) is 0 Å². The predicted molar refractivity (Wildman–Crippen MR) is 73.3 cm³/mol. The first-order chi connectivity index (χ1) is 9.24. The van der Waals surface area contributed by atoms with E-state index < -0.39 is 0 Å². The highest BCUT2D eigenvalue weighted by Crippen LogP contribution is 2.44. The van der Waals surface area contributed by atoms with Gasteiger partial charge in [-0.2, -0.15) is 0 Å². The lowest BCUT2D eigenvalue weighted by Crippen LogP contribution is -2.58. The number of hydrogen-bond acceptors (Lipinski definition) is 4. The van der Waals surface area contributed by atoms with E-state index in [-0.39, 0.29) is 11.6 Å². The number of nitrogens with two attached hydrogens (primary N) is 1. The van der Waals surface area contributed by atoms with Gasteiger partial charge in [-0.3, -0.25) is 4.90 Å². The van der Waals surface area contributed by atoms with Crippen molar-refractivity contribution in [2.75, 3.05) is 13.2 Å². The van der Waals surface area contributed by atoms with Crippen molar-refractivity contribution in [2.45, 2.75) is 69.1 Å². The van der Waals surface area contributed by atoms with Crippen LogP contribution in [0.25, 0.3) is 0 Å². The van der Waals surface area contributed by atoms with E-state index in [0.29, 0.717) is 11.9 Å². The molecule has 19 heavy (non-hydrogen) atoms. The first kappa shape index (κ1) is 13.2. The fourth-order valence-corrected chi connectivity index (χ4v) is 3.98. The summed E-state index contributed by atoms with van der Waals surface area (Å²) in [6.45, 7) is 1.94. The standard InChI is InChI=1S/C14H25N3O2/c15-13(16-18)12-4-1-2-8-17(12)11-5-9-19-14(10-11)6-3-7-14/h11-12,18H,1-10H2,(H2,15,16). The van der Waals surface area contributed by atoms with E-state index in [0.717, 1.165) is 32.4 Å². The van der Waals surface area contributed by atoms with Gasteiger partial charge in [0.25, 0.3) is 0 Å². The summed E-state index contributed by atoms with van der Waals surface area (Å²) in [4.78, 5) is 2.47. The van der Waals surface area contributed by atoms with Crippen molar-refractivity contribution in [2.24, 2.45) is 10.9 Å². The maximum Gasteiger partial charge on any atom is 0.156 e. The minimum atomic E-state index is 0.124. The summed E-state index contributed by atoms with van der Waals surface area (Å²) in [5.74, 6) is 0.383. The van der Waals surface area contributed by atoms with E-state index >= 15 is 0 Å². The largest absolute Gasteiger partial charge is 0.409 e. The van der Waals surface area contributed by atoms with Crippen LogP contribution in [0.15, 0.2) is 5.16 Å². The molecule has 0 aromatic carbocycles. The van der Waals surface area contributed by atoms with Crippen LogP contribution in [-0.4, -0.2) is 46.8 Å². The third kappa shape index (κ3) is 2.46. The second-order valence-electron chi connectivity index (χ2n) is 6.31. The van der Waals surface area contributed by atoms with Gasteiger partial charge >= 0.3 is 0 Å². The molecule has 1 spiro atoms. The van der Waals surface area contributed by atoms with Crippen molar-refractivity contribution < 1.29 is 9.94 Å². The van der Waals surface area contributed by atoms with Crippen molar-refractivity contribution in [3.8, 4) is 0 Å². The number of piperidine rings is 1. The van der Waals surface area contributed by atoms with Crippen LogP contribution in [0, 0.1) is 0 Å². The molecular weight excluding hydrogens is 242 g/mol. The zero-order chi connectivity index (χ0) is 13.3. The molecule has 0 radical (unpaired) electrons. The minimum absolute atomic E-state index is 0.124. The zero-order valence-corrected chi connectivity index (χ0v) is 11.6. The number of rotatable bonds is 2. The van der Waals surface area contributed by atoms with Crippen LogP contribution < -0.4 is 5.73 Å². The van der Waals surface area contributed by atoms with Crippen LogP contribution in [0.2, 0.25) is 0 Å². The topological polar surface area (TPSA) is 71.1 Å². The Bertz CT molecular complexity index is 355. The first-order valence-corrected chi connectivity index (χ1v) is 7.61. The molecule has 5 nitrogen and oxygen atoms in total. The van der Waals surface area contributed by atoms with Crippen LogP contribution >= 0.6 is 0 Å². The molecule has 2 atom stereocenters. The van der Waals surface area contributed by atoms with Gasteiger partial charge in [0.05, 0.1) is 11.6 Å². The van der Waals surface area contributed by atoms with Gasteiger partial charge in [-0.25, -0.2) is 0 Å². The third-order valence-electron chi connectivity index (χ3n) is 5.20. The number of amidine groups is 1. The van der Waals surface area contributed by atoms with Gasteiger partial charge in [-0.15, -0.1) is 0 Å². The Balaban J connectivity index is 1.71. The number of oxime groups is 1. The number of ether oxygens (including phenoxy) is 1. The summed E-state index contributed by atoms with van der Waals surface area (Å²) in [5.41, 5.74) is 6.05. The molecular formula is C14H25N3O2. The Morgan fingerprint density at radius 3 is 2.79 bits per heavy atom. The van der Waals surface area contributed by atoms with Gasteiger partial charge in [-0.05, 0) is 51.5 Å². The molecule has 2 unspecified atom stereocenters. The summed E-state index contributed by atoms with van der Waals surface area (Å²) >= 11 is 0. The molecule has 0 amide bonds. The van der Waals surface area contributed by atoms with Crippen LogP contribution in [0.3, 0.4) is 0 Å². The molecule has 3 aliphatic rings.